The van der Waals surface area contributed by atoms with E-state index in [2.05, 4.69) is 10.6 Å². The summed E-state index contributed by atoms with van der Waals surface area (Å²) in [6.07, 6.45) is 3.64. The number of nitro groups is 1. The van der Waals surface area contributed by atoms with Crippen molar-refractivity contribution in [3.63, 3.8) is 0 Å². The van der Waals surface area contributed by atoms with Gasteiger partial charge in [0, 0.05) is 47.1 Å². The Labute approximate surface area is 185 Å². The number of allylic oxidation sites excluding steroid dienone is 2. The van der Waals surface area contributed by atoms with E-state index in [0.717, 1.165) is 5.56 Å². The maximum Gasteiger partial charge on any atom is 0.269 e. The van der Waals surface area contributed by atoms with Crippen molar-refractivity contribution in [1.82, 2.24) is 10.6 Å². The molecule has 164 valence electrons. The minimum absolute atomic E-state index is 0.138. The molecule has 2 aromatic carbocycles. The number of carbonyl (C=O) groups excluding carboxylic acids is 2. The van der Waals surface area contributed by atoms with Crippen LogP contribution in [0.3, 0.4) is 0 Å². The van der Waals surface area contributed by atoms with Crippen LogP contribution in [0.15, 0.2) is 83.2 Å². The van der Waals surface area contributed by atoms with Gasteiger partial charge in [0.1, 0.15) is 0 Å². The molecule has 3 rings (SSSR count). The zero-order valence-corrected chi connectivity index (χ0v) is 17.6. The number of carboxylic acid groups (broad SMARTS) is 1. The first-order valence-corrected chi connectivity index (χ1v) is 9.93. The van der Waals surface area contributed by atoms with Gasteiger partial charge in [0.15, 0.2) is 0 Å². The van der Waals surface area contributed by atoms with Crippen LogP contribution in [0.2, 0.25) is 0 Å². The summed E-state index contributed by atoms with van der Waals surface area (Å²) in [5.74, 6) is -2.94. The van der Waals surface area contributed by atoms with Gasteiger partial charge in [-0.3, -0.25) is 14.9 Å². The van der Waals surface area contributed by atoms with Crippen LogP contribution in [0.5, 0.6) is 0 Å². The molecule has 0 fully saturated rings. The highest BCUT2D eigenvalue weighted by molar-refractivity contribution is 6.01. The minimum Gasteiger partial charge on any atom is -0.545 e. The van der Waals surface area contributed by atoms with Crippen molar-refractivity contribution in [3.05, 3.63) is 104 Å². The number of nitro benzene ring substituents is 1. The molecule has 1 atom stereocenters. The Morgan fingerprint density at radius 2 is 1.75 bits per heavy atom. The first-order valence-electron chi connectivity index (χ1n) is 9.93. The molecule has 2 N–H and O–H groups in total. The van der Waals surface area contributed by atoms with Gasteiger partial charge in [0.2, 0.25) is 5.91 Å². The third kappa shape index (κ3) is 4.92. The van der Waals surface area contributed by atoms with E-state index in [4.69, 9.17) is 0 Å². The second kappa shape index (κ2) is 9.74. The fraction of sp³-hybridized carbons (Fsp3) is 0.167. The van der Waals surface area contributed by atoms with Crippen LogP contribution in [-0.4, -0.2) is 23.3 Å². The van der Waals surface area contributed by atoms with Gasteiger partial charge in [-0.1, -0.05) is 54.6 Å². The fourth-order valence-electron chi connectivity index (χ4n) is 3.72. The first kappa shape index (κ1) is 22.5. The number of dihydropyridines is 1. The summed E-state index contributed by atoms with van der Waals surface area (Å²) >= 11 is 0. The van der Waals surface area contributed by atoms with Gasteiger partial charge >= 0.3 is 0 Å². The van der Waals surface area contributed by atoms with E-state index >= 15 is 0 Å². The van der Waals surface area contributed by atoms with Crippen LogP contribution in [-0.2, 0) is 9.59 Å². The van der Waals surface area contributed by atoms with Crippen LogP contribution < -0.4 is 15.7 Å². The quantitative estimate of drug-likeness (QED) is 0.511. The second-order valence-corrected chi connectivity index (χ2v) is 7.30. The summed E-state index contributed by atoms with van der Waals surface area (Å²) in [4.78, 5) is 35.7. The first-order chi connectivity index (χ1) is 15.3. The molecule has 1 aliphatic heterocycles. The largest absolute Gasteiger partial charge is 0.545 e. The maximum absolute atomic E-state index is 13.1. The molecule has 0 spiro atoms. The number of aliphatic carboxylic acids is 1. The Bertz CT molecular complexity index is 1150. The molecule has 1 unspecified atom stereocenters. The van der Waals surface area contributed by atoms with Crippen LogP contribution in [0.1, 0.15) is 30.9 Å². The van der Waals surface area contributed by atoms with Crippen molar-refractivity contribution in [3.8, 4) is 0 Å². The number of amides is 1. The van der Waals surface area contributed by atoms with Crippen molar-refractivity contribution in [2.45, 2.75) is 19.8 Å². The number of carboxylic acids is 1. The number of nitrogens with one attached hydrogen (secondary N) is 2. The molecule has 1 amide bonds. The van der Waals surface area contributed by atoms with Crippen molar-refractivity contribution in [1.29, 1.82) is 0 Å². The number of non-ortho nitro benzene ring substituents is 1. The zero-order valence-electron chi connectivity index (χ0n) is 17.6. The van der Waals surface area contributed by atoms with E-state index in [-0.39, 0.29) is 23.4 Å². The fourth-order valence-corrected chi connectivity index (χ4v) is 3.72. The molecule has 1 aliphatic rings. The van der Waals surface area contributed by atoms with E-state index in [9.17, 15) is 24.8 Å². The van der Waals surface area contributed by atoms with E-state index in [1.165, 1.54) is 18.2 Å². The number of rotatable bonds is 7. The predicted octanol–water partition coefficient (Wildman–Crippen LogP) is 2.41. The SMILES string of the molecule is CC1=C(C(=O)[O-])C(c2cccc([N+](=O)[O-])c2)C(C(=O)NC/C=C/c2ccccc2)=C(C)N1. The van der Waals surface area contributed by atoms with Crippen molar-refractivity contribution >= 4 is 23.6 Å². The standard InChI is InChI=1S/C24H23N3O5/c1-15-20(23(28)25-13-7-10-17-8-4-3-5-9-17)22(21(24(29)30)16(2)26-15)18-11-6-12-19(14-18)27(31)32/h3-12,14,22,26H,13H2,1-2H3,(H,25,28)(H,29,30)/p-1/b10-7+. The van der Waals surface area contributed by atoms with E-state index in [1.807, 2.05) is 36.4 Å². The third-order valence-electron chi connectivity index (χ3n) is 5.13. The molecular weight excluding hydrogens is 410 g/mol. The molecule has 8 heteroatoms. The molecule has 1 heterocycles. The summed E-state index contributed by atoms with van der Waals surface area (Å²) in [6.45, 7) is 3.44. The number of hydrogen-bond donors (Lipinski definition) is 2. The average molecular weight is 432 g/mol. The Hall–Kier alpha value is -4.20. The van der Waals surface area contributed by atoms with Crippen molar-refractivity contribution < 1.29 is 19.6 Å². The van der Waals surface area contributed by atoms with Gasteiger partial charge in [-0.25, -0.2) is 0 Å². The van der Waals surface area contributed by atoms with Gasteiger partial charge < -0.3 is 20.5 Å². The second-order valence-electron chi connectivity index (χ2n) is 7.30. The average Bonchev–Trinajstić information content (AvgIpc) is 2.76. The lowest BCUT2D eigenvalue weighted by Gasteiger charge is -2.32. The summed E-state index contributed by atoms with van der Waals surface area (Å²) in [5.41, 5.74) is 1.92. The van der Waals surface area contributed by atoms with Crippen molar-refractivity contribution in [2.75, 3.05) is 6.54 Å². The molecule has 8 nitrogen and oxygen atoms in total. The Balaban J connectivity index is 1.92. The van der Waals surface area contributed by atoms with E-state index in [0.29, 0.717) is 17.0 Å². The highest BCUT2D eigenvalue weighted by atomic mass is 16.6. The Morgan fingerprint density at radius 1 is 1.06 bits per heavy atom. The van der Waals surface area contributed by atoms with Crippen molar-refractivity contribution in [2.24, 2.45) is 0 Å². The Kier molecular flexibility index (Phi) is 6.84. The van der Waals surface area contributed by atoms with Gasteiger partial charge in [0.25, 0.3) is 5.69 Å². The van der Waals surface area contributed by atoms with Crippen LogP contribution in [0, 0.1) is 10.1 Å². The maximum atomic E-state index is 13.1. The molecule has 0 saturated carbocycles. The lowest BCUT2D eigenvalue weighted by molar-refractivity contribution is -0.384. The molecule has 0 aromatic heterocycles. The summed E-state index contributed by atoms with van der Waals surface area (Å²) in [7, 11) is 0. The molecule has 0 bridgehead atoms. The summed E-state index contributed by atoms with van der Waals surface area (Å²) in [5, 5.41) is 28.9. The predicted molar refractivity (Wildman–Crippen MR) is 118 cm³/mol. The summed E-state index contributed by atoms with van der Waals surface area (Å²) in [6, 6.07) is 15.2. The highest BCUT2D eigenvalue weighted by Gasteiger charge is 2.34. The number of nitrogens with zero attached hydrogens (tertiary/aromatic N) is 1. The topological polar surface area (TPSA) is 124 Å². The number of benzene rings is 2. The van der Waals surface area contributed by atoms with E-state index < -0.39 is 22.7 Å². The smallest absolute Gasteiger partial charge is 0.269 e. The number of carbonyl (C=O) groups is 2. The lowest BCUT2D eigenvalue weighted by Crippen LogP contribution is -2.39. The van der Waals surface area contributed by atoms with Crippen LogP contribution in [0.4, 0.5) is 5.69 Å². The normalized spacial score (nSPS) is 16.1. The highest BCUT2D eigenvalue weighted by Crippen LogP contribution is 2.38. The van der Waals surface area contributed by atoms with Gasteiger partial charge in [0.05, 0.1) is 10.9 Å². The number of hydrogen-bond acceptors (Lipinski definition) is 6. The Morgan fingerprint density at radius 3 is 2.41 bits per heavy atom. The molecule has 0 saturated heterocycles. The molecule has 2 aromatic rings. The molecule has 0 aliphatic carbocycles. The minimum atomic E-state index is -1.45. The van der Waals surface area contributed by atoms with Gasteiger partial charge in [-0.05, 0) is 25.0 Å². The zero-order chi connectivity index (χ0) is 23.3. The van der Waals surface area contributed by atoms with Crippen LogP contribution >= 0.6 is 0 Å². The lowest BCUT2D eigenvalue weighted by atomic mass is 9.80. The van der Waals surface area contributed by atoms with Crippen LogP contribution in [0.25, 0.3) is 6.08 Å². The monoisotopic (exact) mass is 432 g/mol. The van der Waals surface area contributed by atoms with Gasteiger partial charge in [-0.2, -0.15) is 0 Å². The molecular formula is C24H22N3O5-. The molecule has 0 radical (unpaired) electrons. The van der Waals surface area contributed by atoms with E-state index in [1.54, 1.807) is 26.0 Å². The summed E-state index contributed by atoms with van der Waals surface area (Å²) < 4.78 is 0. The third-order valence-corrected chi connectivity index (χ3v) is 5.13. The molecule has 32 heavy (non-hydrogen) atoms. The van der Waals surface area contributed by atoms with Gasteiger partial charge in [-0.15, -0.1) is 0 Å².